The summed E-state index contributed by atoms with van der Waals surface area (Å²) in [6.07, 6.45) is 0. The van der Waals surface area contributed by atoms with Crippen LogP contribution in [0.4, 0.5) is 5.69 Å². The van der Waals surface area contributed by atoms with Gasteiger partial charge in [0, 0.05) is 33.9 Å². The van der Waals surface area contributed by atoms with Crippen molar-refractivity contribution >= 4 is 11.6 Å². The molecule has 3 nitrogen and oxygen atoms in total. The highest BCUT2D eigenvalue weighted by Gasteiger charge is 2.20. The number of benzene rings is 1. The first-order valence-corrected chi connectivity index (χ1v) is 6.18. The predicted molar refractivity (Wildman–Crippen MR) is 77.5 cm³/mol. The van der Waals surface area contributed by atoms with Crippen molar-refractivity contribution in [1.29, 1.82) is 0 Å². The van der Waals surface area contributed by atoms with E-state index in [0.717, 1.165) is 11.3 Å². The summed E-state index contributed by atoms with van der Waals surface area (Å²) >= 11 is 0. The Kier molecular flexibility index (Phi) is 4.05. The molecule has 100 valence electrons. The van der Waals surface area contributed by atoms with Gasteiger partial charge in [0.15, 0.2) is 0 Å². The molecule has 0 aromatic heterocycles. The fraction of sp³-hybridized carbons (Fsp3) is 0.533. The maximum Gasteiger partial charge on any atom is 0.255 e. The predicted octanol–water partition coefficient (Wildman–Crippen LogP) is 2.75. The molecule has 0 heterocycles. The Hall–Kier alpha value is -1.51. The number of hydrogen-bond donors (Lipinski definition) is 0. The molecule has 0 fully saturated rings. The summed E-state index contributed by atoms with van der Waals surface area (Å²) in [7, 11) is 7.48. The first kappa shape index (κ1) is 14.6. The third kappa shape index (κ3) is 3.03. The van der Waals surface area contributed by atoms with Gasteiger partial charge >= 0.3 is 0 Å². The van der Waals surface area contributed by atoms with E-state index in [-0.39, 0.29) is 11.3 Å². The highest BCUT2D eigenvalue weighted by atomic mass is 16.2. The molecular formula is C15H24N2O. The highest BCUT2D eigenvalue weighted by Crippen LogP contribution is 2.28. The molecule has 0 N–H and O–H groups in total. The van der Waals surface area contributed by atoms with Crippen molar-refractivity contribution < 1.29 is 4.79 Å². The van der Waals surface area contributed by atoms with Crippen LogP contribution in [0.2, 0.25) is 0 Å². The highest BCUT2D eigenvalue weighted by molar-refractivity contribution is 5.99. The van der Waals surface area contributed by atoms with E-state index < -0.39 is 0 Å². The van der Waals surface area contributed by atoms with Gasteiger partial charge in [-0.15, -0.1) is 0 Å². The fourth-order valence-electron chi connectivity index (χ4n) is 1.80. The zero-order valence-corrected chi connectivity index (χ0v) is 12.5. The molecule has 0 aliphatic rings. The van der Waals surface area contributed by atoms with Crippen LogP contribution in [0.1, 0.15) is 36.7 Å². The molecule has 0 unspecified atom stereocenters. The van der Waals surface area contributed by atoms with Gasteiger partial charge in [0.2, 0.25) is 0 Å². The van der Waals surface area contributed by atoms with Crippen LogP contribution in [0.3, 0.4) is 0 Å². The monoisotopic (exact) mass is 248 g/mol. The summed E-state index contributed by atoms with van der Waals surface area (Å²) in [4.78, 5) is 15.8. The van der Waals surface area contributed by atoms with E-state index in [4.69, 9.17) is 0 Å². The van der Waals surface area contributed by atoms with Gasteiger partial charge in [0.1, 0.15) is 0 Å². The molecule has 1 rings (SSSR count). The van der Waals surface area contributed by atoms with Crippen molar-refractivity contribution in [2.24, 2.45) is 0 Å². The first-order chi connectivity index (χ1) is 8.14. The lowest BCUT2D eigenvalue weighted by Gasteiger charge is -2.24. The van der Waals surface area contributed by atoms with Gasteiger partial charge in [-0.1, -0.05) is 26.8 Å². The molecule has 0 atom stereocenters. The summed E-state index contributed by atoms with van der Waals surface area (Å²) in [6, 6.07) is 6.14. The lowest BCUT2D eigenvalue weighted by Crippen LogP contribution is -2.25. The molecule has 0 radical (unpaired) electrons. The second-order valence-corrected chi connectivity index (χ2v) is 6.08. The van der Waals surface area contributed by atoms with Crippen molar-refractivity contribution in [2.75, 3.05) is 33.1 Å². The Morgan fingerprint density at radius 2 is 1.61 bits per heavy atom. The Bertz CT molecular complexity index is 442. The summed E-state index contributed by atoms with van der Waals surface area (Å²) in [5.41, 5.74) is 2.95. The zero-order chi connectivity index (χ0) is 14.1. The first-order valence-electron chi connectivity index (χ1n) is 6.18. The fourth-order valence-corrected chi connectivity index (χ4v) is 1.80. The maximum atomic E-state index is 12.2. The molecule has 1 aromatic carbocycles. The topological polar surface area (TPSA) is 23.6 Å². The third-order valence-electron chi connectivity index (χ3n) is 2.98. The lowest BCUT2D eigenvalue weighted by atomic mass is 9.85. The van der Waals surface area contributed by atoms with E-state index in [0.29, 0.717) is 0 Å². The minimum atomic E-state index is 0.0461. The average molecular weight is 248 g/mol. The number of carbonyl (C=O) groups excluding carboxylic acids is 1. The van der Waals surface area contributed by atoms with Gasteiger partial charge in [-0.2, -0.15) is 0 Å². The summed E-state index contributed by atoms with van der Waals surface area (Å²) in [6.45, 7) is 6.46. The number of anilines is 1. The zero-order valence-electron chi connectivity index (χ0n) is 12.5. The van der Waals surface area contributed by atoms with Gasteiger partial charge < -0.3 is 9.80 Å². The van der Waals surface area contributed by atoms with Gasteiger partial charge in [0.05, 0.1) is 5.56 Å². The van der Waals surface area contributed by atoms with E-state index >= 15 is 0 Å². The van der Waals surface area contributed by atoms with Crippen molar-refractivity contribution in [1.82, 2.24) is 4.90 Å². The van der Waals surface area contributed by atoms with Gasteiger partial charge in [-0.3, -0.25) is 4.79 Å². The van der Waals surface area contributed by atoms with Gasteiger partial charge in [-0.25, -0.2) is 0 Å². The summed E-state index contributed by atoms with van der Waals surface area (Å²) in [5, 5.41) is 0. The van der Waals surface area contributed by atoms with Crippen LogP contribution in [0.25, 0.3) is 0 Å². The molecular weight excluding hydrogens is 224 g/mol. The summed E-state index contributed by atoms with van der Waals surface area (Å²) in [5.74, 6) is 0.0461. The Labute approximate surface area is 110 Å². The standard InChI is InChI=1S/C15H24N2O/c1-15(2,3)11-8-9-13(16(4)5)12(10-11)14(18)17(6)7/h8-10H,1-7H3. The molecule has 0 saturated heterocycles. The van der Waals surface area contributed by atoms with Crippen molar-refractivity contribution in [2.45, 2.75) is 26.2 Å². The van der Waals surface area contributed by atoms with Crippen LogP contribution in [-0.4, -0.2) is 39.0 Å². The normalized spacial score (nSPS) is 11.3. The second-order valence-electron chi connectivity index (χ2n) is 6.08. The minimum Gasteiger partial charge on any atom is -0.377 e. The van der Waals surface area contributed by atoms with Gasteiger partial charge in [0.25, 0.3) is 5.91 Å². The molecule has 0 aliphatic carbocycles. The van der Waals surface area contributed by atoms with Crippen LogP contribution in [0.15, 0.2) is 18.2 Å². The number of nitrogens with zero attached hydrogens (tertiary/aromatic N) is 2. The molecule has 1 amide bonds. The second kappa shape index (κ2) is 5.01. The van der Waals surface area contributed by atoms with Gasteiger partial charge in [-0.05, 0) is 23.1 Å². The Morgan fingerprint density at radius 3 is 2.00 bits per heavy atom. The maximum absolute atomic E-state index is 12.2. The molecule has 0 aliphatic heterocycles. The summed E-state index contributed by atoms with van der Waals surface area (Å²) < 4.78 is 0. The molecule has 1 aromatic rings. The van der Waals surface area contributed by atoms with Crippen LogP contribution in [-0.2, 0) is 5.41 Å². The largest absolute Gasteiger partial charge is 0.377 e. The Balaban J connectivity index is 3.38. The third-order valence-corrected chi connectivity index (χ3v) is 2.98. The molecule has 0 bridgehead atoms. The number of amides is 1. The van der Waals surface area contributed by atoms with E-state index in [1.54, 1.807) is 19.0 Å². The molecule has 0 spiro atoms. The SMILES string of the molecule is CN(C)C(=O)c1cc(C(C)(C)C)ccc1N(C)C. The Morgan fingerprint density at radius 1 is 1.06 bits per heavy atom. The van der Waals surface area contributed by atoms with E-state index in [1.165, 1.54) is 5.56 Å². The molecule has 18 heavy (non-hydrogen) atoms. The van der Waals surface area contributed by atoms with Crippen LogP contribution in [0.5, 0.6) is 0 Å². The van der Waals surface area contributed by atoms with Crippen molar-refractivity contribution in [3.8, 4) is 0 Å². The molecule has 3 heteroatoms. The average Bonchev–Trinajstić information content (AvgIpc) is 2.25. The van der Waals surface area contributed by atoms with Crippen LogP contribution >= 0.6 is 0 Å². The number of hydrogen-bond acceptors (Lipinski definition) is 2. The van der Waals surface area contributed by atoms with Crippen LogP contribution in [0, 0.1) is 0 Å². The smallest absolute Gasteiger partial charge is 0.255 e. The van der Waals surface area contributed by atoms with Crippen LogP contribution < -0.4 is 4.90 Å². The van der Waals surface area contributed by atoms with E-state index in [2.05, 4.69) is 26.8 Å². The lowest BCUT2D eigenvalue weighted by molar-refractivity contribution is 0.0828. The van der Waals surface area contributed by atoms with E-state index in [9.17, 15) is 4.79 Å². The van der Waals surface area contributed by atoms with Crippen molar-refractivity contribution in [3.05, 3.63) is 29.3 Å². The number of rotatable bonds is 2. The molecule has 0 saturated carbocycles. The van der Waals surface area contributed by atoms with Crippen molar-refractivity contribution in [3.63, 3.8) is 0 Å². The number of carbonyl (C=O) groups is 1. The minimum absolute atomic E-state index is 0.0461. The quantitative estimate of drug-likeness (QED) is 0.803. The van der Waals surface area contributed by atoms with E-state index in [1.807, 2.05) is 31.1 Å².